The number of carbonyl (C=O) groups is 1. The summed E-state index contributed by atoms with van der Waals surface area (Å²) in [5, 5.41) is 0. The van der Waals surface area contributed by atoms with E-state index >= 15 is 0 Å². The standard InChI is InChI=1S/C17H17F2NO/c1-12-6-3-4-7-13(12)10-20(2)11-16(21)17-14(18)8-5-9-15(17)19/h3-9H,10-11H2,1-2H3. The van der Waals surface area contributed by atoms with Gasteiger partial charge < -0.3 is 0 Å². The predicted octanol–water partition coefficient (Wildman–Crippen LogP) is 3.59. The van der Waals surface area contributed by atoms with Crippen molar-refractivity contribution in [2.45, 2.75) is 13.5 Å². The van der Waals surface area contributed by atoms with Crippen LogP contribution in [0.15, 0.2) is 42.5 Å². The molecule has 110 valence electrons. The van der Waals surface area contributed by atoms with E-state index in [0.717, 1.165) is 23.3 Å². The van der Waals surface area contributed by atoms with Crippen LogP contribution >= 0.6 is 0 Å². The van der Waals surface area contributed by atoms with Crippen molar-refractivity contribution in [2.75, 3.05) is 13.6 Å². The van der Waals surface area contributed by atoms with Gasteiger partial charge in [-0.1, -0.05) is 30.3 Å². The zero-order valence-electron chi connectivity index (χ0n) is 12.1. The average molecular weight is 289 g/mol. The Balaban J connectivity index is 2.08. The third-order valence-electron chi connectivity index (χ3n) is 3.36. The van der Waals surface area contributed by atoms with E-state index in [1.54, 1.807) is 11.9 Å². The average Bonchev–Trinajstić information content (AvgIpc) is 2.41. The van der Waals surface area contributed by atoms with E-state index in [2.05, 4.69) is 0 Å². The van der Waals surface area contributed by atoms with Crippen molar-refractivity contribution in [1.29, 1.82) is 0 Å². The Morgan fingerprint density at radius 1 is 1.05 bits per heavy atom. The van der Waals surface area contributed by atoms with Gasteiger partial charge >= 0.3 is 0 Å². The molecule has 0 atom stereocenters. The van der Waals surface area contributed by atoms with Crippen molar-refractivity contribution < 1.29 is 13.6 Å². The maximum absolute atomic E-state index is 13.6. The van der Waals surface area contributed by atoms with Gasteiger partial charge in [0, 0.05) is 6.54 Å². The van der Waals surface area contributed by atoms with Gasteiger partial charge in [0.25, 0.3) is 0 Å². The van der Waals surface area contributed by atoms with Crippen LogP contribution in [0.25, 0.3) is 0 Å². The lowest BCUT2D eigenvalue weighted by atomic mass is 10.1. The second-order valence-corrected chi connectivity index (χ2v) is 5.12. The summed E-state index contributed by atoms with van der Waals surface area (Å²) in [6, 6.07) is 11.3. The summed E-state index contributed by atoms with van der Waals surface area (Å²) < 4.78 is 27.1. The third-order valence-corrected chi connectivity index (χ3v) is 3.36. The first kappa shape index (κ1) is 15.3. The molecule has 21 heavy (non-hydrogen) atoms. The number of benzene rings is 2. The van der Waals surface area contributed by atoms with E-state index in [9.17, 15) is 13.6 Å². The van der Waals surface area contributed by atoms with Gasteiger partial charge in [-0.3, -0.25) is 9.69 Å². The summed E-state index contributed by atoms with van der Waals surface area (Å²) in [5.41, 5.74) is 1.74. The molecule has 0 N–H and O–H groups in total. The molecular formula is C17H17F2NO. The summed E-state index contributed by atoms with van der Waals surface area (Å²) >= 11 is 0. The third kappa shape index (κ3) is 3.73. The molecule has 2 aromatic carbocycles. The Morgan fingerprint density at radius 2 is 1.67 bits per heavy atom. The van der Waals surface area contributed by atoms with Crippen LogP contribution in [-0.2, 0) is 6.54 Å². The summed E-state index contributed by atoms with van der Waals surface area (Å²) in [6.45, 7) is 2.50. The molecule has 0 aliphatic rings. The number of carbonyl (C=O) groups excluding carboxylic acids is 1. The number of hydrogen-bond acceptors (Lipinski definition) is 2. The molecule has 0 saturated carbocycles. The van der Waals surface area contributed by atoms with Gasteiger partial charge in [0.1, 0.15) is 11.6 Å². The van der Waals surface area contributed by atoms with Gasteiger partial charge in [-0.05, 0) is 37.2 Å². The second kappa shape index (κ2) is 6.59. The van der Waals surface area contributed by atoms with Gasteiger partial charge in [-0.2, -0.15) is 0 Å². The number of Topliss-reactive ketones (excluding diaryl/α,β-unsaturated/α-hetero) is 1. The molecule has 2 nitrogen and oxygen atoms in total. The van der Waals surface area contributed by atoms with Crippen molar-refractivity contribution in [2.24, 2.45) is 0 Å². The molecule has 0 amide bonds. The van der Waals surface area contributed by atoms with Gasteiger partial charge in [0.2, 0.25) is 0 Å². The zero-order valence-corrected chi connectivity index (χ0v) is 12.1. The lowest BCUT2D eigenvalue weighted by Gasteiger charge is -2.17. The number of halogens is 2. The zero-order chi connectivity index (χ0) is 15.4. The van der Waals surface area contributed by atoms with Crippen LogP contribution in [0.3, 0.4) is 0 Å². The fraction of sp³-hybridized carbons (Fsp3) is 0.235. The lowest BCUT2D eigenvalue weighted by molar-refractivity contribution is 0.0934. The van der Waals surface area contributed by atoms with E-state index in [1.807, 2.05) is 31.2 Å². The monoisotopic (exact) mass is 289 g/mol. The van der Waals surface area contributed by atoms with E-state index in [4.69, 9.17) is 0 Å². The minimum atomic E-state index is -0.815. The number of aryl methyl sites for hydroxylation is 1. The molecule has 0 fully saturated rings. The van der Waals surface area contributed by atoms with E-state index < -0.39 is 23.0 Å². The predicted molar refractivity (Wildman–Crippen MR) is 78.2 cm³/mol. The molecule has 0 aromatic heterocycles. The first-order valence-electron chi connectivity index (χ1n) is 6.69. The fourth-order valence-electron chi connectivity index (χ4n) is 2.22. The minimum Gasteiger partial charge on any atom is -0.295 e. The number of ketones is 1. The van der Waals surface area contributed by atoms with E-state index in [0.29, 0.717) is 6.54 Å². The summed E-state index contributed by atoms with van der Waals surface area (Å²) in [7, 11) is 1.75. The van der Waals surface area contributed by atoms with Gasteiger partial charge in [-0.25, -0.2) is 8.78 Å². The molecule has 0 unspecified atom stereocenters. The van der Waals surface area contributed by atoms with Crippen LogP contribution in [0.5, 0.6) is 0 Å². The topological polar surface area (TPSA) is 20.3 Å². The fourth-order valence-corrected chi connectivity index (χ4v) is 2.22. The smallest absolute Gasteiger partial charge is 0.182 e. The van der Waals surface area contributed by atoms with Crippen LogP contribution in [0.4, 0.5) is 8.78 Å². The molecule has 0 heterocycles. The van der Waals surface area contributed by atoms with E-state index in [-0.39, 0.29) is 6.54 Å². The molecule has 0 aliphatic carbocycles. The SMILES string of the molecule is Cc1ccccc1CN(C)CC(=O)c1c(F)cccc1F. The highest BCUT2D eigenvalue weighted by molar-refractivity contribution is 5.98. The summed E-state index contributed by atoms with van der Waals surface area (Å²) in [5.74, 6) is -2.18. The molecule has 0 spiro atoms. The van der Waals surface area contributed by atoms with Crippen molar-refractivity contribution in [3.05, 3.63) is 70.8 Å². The normalized spacial score (nSPS) is 10.9. The van der Waals surface area contributed by atoms with Gasteiger partial charge in [0.05, 0.1) is 12.1 Å². The number of likely N-dealkylation sites (N-methyl/N-ethyl adjacent to an activating group) is 1. The maximum atomic E-state index is 13.6. The molecule has 0 bridgehead atoms. The molecule has 4 heteroatoms. The molecule has 0 radical (unpaired) electrons. The molecule has 2 aromatic rings. The summed E-state index contributed by atoms with van der Waals surface area (Å²) in [4.78, 5) is 13.8. The molecule has 0 saturated heterocycles. The Morgan fingerprint density at radius 3 is 2.29 bits per heavy atom. The largest absolute Gasteiger partial charge is 0.295 e. The highest BCUT2D eigenvalue weighted by Crippen LogP contribution is 2.14. The van der Waals surface area contributed by atoms with Gasteiger partial charge in [-0.15, -0.1) is 0 Å². The number of nitrogens with zero attached hydrogens (tertiary/aromatic N) is 1. The van der Waals surface area contributed by atoms with Crippen molar-refractivity contribution >= 4 is 5.78 Å². The first-order valence-corrected chi connectivity index (χ1v) is 6.69. The Kier molecular flexibility index (Phi) is 4.81. The first-order chi connectivity index (χ1) is 9.99. The molecule has 0 aliphatic heterocycles. The highest BCUT2D eigenvalue weighted by atomic mass is 19.1. The molecular weight excluding hydrogens is 272 g/mol. The van der Waals surface area contributed by atoms with Crippen molar-refractivity contribution in [3.8, 4) is 0 Å². The number of hydrogen-bond donors (Lipinski definition) is 0. The Labute approximate surface area is 123 Å². The quantitative estimate of drug-likeness (QED) is 0.784. The lowest BCUT2D eigenvalue weighted by Crippen LogP contribution is -2.27. The van der Waals surface area contributed by atoms with Crippen LogP contribution in [0.1, 0.15) is 21.5 Å². The van der Waals surface area contributed by atoms with E-state index in [1.165, 1.54) is 6.07 Å². The minimum absolute atomic E-state index is 0.0355. The van der Waals surface area contributed by atoms with Crippen LogP contribution < -0.4 is 0 Å². The van der Waals surface area contributed by atoms with Crippen LogP contribution in [0.2, 0.25) is 0 Å². The van der Waals surface area contributed by atoms with Crippen molar-refractivity contribution in [1.82, 2.24) is 4.90 Å². The number of rotatable bonds is 5. The Bertz CT molecular complexity index is 635. The Hall–Kier alpha value is -2.07. The summed E-state index contributed by atoms with van der Waals surface area (Å²) in [6.07, 6.45) is 0. The molecule has 2 rings (SSSR count). The van der Waals surface area contributed by atoms with Crippen LogP contribution in [0, 0.1) is 18.6 Å². The van der Waals surface area contributed by atoms with Crippen molar-refractivity contribution in [3.63, 3.8) is 0 Å². The van der Waals surface area contributed by atoms with Gasteiger partial charge in [0.15, 0.2) is 5.78 Å². The second-order valence-electron chi connectivity index (χ2n) is 5.12. The highest BCUT2D eigenvalue weighted by Gasteiger charge is 2.18. The maximum Gasteiger partial charge on any atom is 0.182 e. The van der Waals surface area contributed by atoms with Crippen LogP contribution in [-0.4, -0.2) is 24.3 Å².